The van der Waals surface area contributed by atoms with E-state index >= 15 is 0 Å². The van der Waals surface area contributed by atoms with E-state index in [4.69, 9.17) is 0 Å². The highest BCUT2D eigenvalue weighted by Gasteiger charge is 2.31. The molecule has 0 bridgehead atoms. The molecule has 1 aliphatic rings. The molecule has 0 aliphatic carbocycles. The molecule has 0 radical (unpaired) electrons. The smallest absolute Gasteiger partial charge is 0.391 e. The summed E-state index contributed by atoms with van der Waals surface area (Å²) in [6.45, 7) is 3.33. The topological polar surface area (TPSA) is 70.3 Å². The maximum absolute atomic E-state index is 13.3. The number of alkyl halides is 3. The summed E-state index contributed by atoms with van der Waals surface area (Å²) in [7, 11) is 0. The van der Waals surface area contributed by atoms with Crippen LogP contribution in [0.1, 0.15) is 12.0 Å². The molecule has 1 unspecified atom stereocenters. The van der Waals surface area contributed by atoms with Crippen molar-refractivity contribution in [2.24, 2.45) is 0 Å². The van der Waals surface area contributed by atoms with Gasteiger partial charge in [0.05, 0.1) is 25.3 Å². The van der Waals surface area contributed by atoms with Crippen LogP contribution in [-0.4, -0.2) is 68.2 Å². The number of halogens is 4. The molecular weight excluding hydrogens is 440 g/mol. The summed E-state index contributed by atoms with van der Waals surface area (Å²) < 4.78 is 51.8. The standard InChI is InChI=1S/C22H24F4N6O/c23-18-3-1-17(2-4-18)20-21(28-6-5-27-20)31-9-7-30(8-10-31)13-16-12-29-32(14-16)15-19(33)11-22(24,25)26/h1-6,12,14,19,33H,7-11,13,15H2. The number of aliphatic hydroxyl groups is 1. The molecule has 3 heterocycles. The monoisotopic (exact) mass is 464 g/mol. The van der Waals surface area contributed by atoms with Gasteiger partial charge in [-0.2, -0.15) is 18.3 Å². The highest BCUT2D eigenvalue weighted by molar-refractivity contribution is 5.72. The summed E-state index contributed by atoms with van der Waals surface area (Å²) in [4.78, 5) is 13.3. The minimum absolute atomic E-state index is 0.202. The van der Waals surface area contributed by atoms with Gasteiger partial charge in [0, 0.05) is 62.4 Å². The van der Waals surface area contributed by atoms with Crippen LogP contribution in [0.15, 0.2) is 49.1 Å². The van der Waals surface area contributed by atoms with Crippen molar-refractivity contribution in [1.29, 1.82) is 0 Å². The quantitative estimate of drug-likeness (QED) is 0.542. The number of piperazine rings is 1. The molecule has 3 aromatic rings. The Balaban J connectivity index is 1.33. The predicted molar refractivity (Wildman–Crippen MR) is 114 cm³/mol. The third-order valence-corrected chi connectivity index (χ3v) is 5.43. The van der Waals surface area contributed by atoms with Gasteiger partial charge in [-0.3, -0.25) is 14.6 Å². The molecule has 176 valence electrons. The van der Waals surface area contributed by atoms with Crippen molar-refractivity contribution in [1.82, 2.24) is 24.6 Å². The molecular formula is C22H24F4N6O. The lowest BCUT2D eigenvalue weighted by Crippen LogP contribution is -2.46. The van der Waals surface area contributed by atoms with Gasteiger partial charge >= 0.3 is 6.18 Å². The van der Waals surface area contributed by atoms with Crippen molar-refractivity contribution in [3.63, 3.8) is 0 Å². The fraction of sp³-hybridized carbons (Fsp3) is 0.409. The summed E-state index contributed by atoms with van der Waals surface area (Å²) >= 11 is 0. The zero-order valence-electron chi connectivity index (χ0n) is 17.8. The number of rotatable bonds is 7. The van der Waals surface area contributed by atoms with Crippen molar-refractivity contribution < 1.29 is 22.7 Å². The predicted octanol–water partition coefficient (Wildman–Crippen LogP) is 3.11. The molecule has 4 rings (SSSR count). The average molecular weight is 464 g/mol. The van der Waals surface area contributed by atoms with Gasteiger partial charge in [0.15, 0.2) is 5.82 Å². The SMILES string of the molecule is OC(Cn1cc(CN2CCN(c3nccnc3-c3ccc(F)cc3)CC2)cn1)CC(F)(F)F. The second-order valence-electron chi connectivity index (χ2n) is 8.04. The molecule has 2 aromatic heterocycles. The first kappa shape index (κ1) is 23.1. The van der Waals surface area contributed by atoms with Gasteiger partial charge < -0.3 is 10.0 Å². The van der Waals surface area contributed by atoms with Crippen molar-refractivity contribution in [2.75, 3.05) is 31.1 Å². The van der Waals surface area contributed by atoms with E-state index in [-0.39, 0.29) is 12.4 Å². The molecule has 0 saturated carbocycles. The van der Waals surface area contributed by atoms with Crippen LogP contribution in [0.3, 0.4) is 0 Å². The van der Waals surface area contributed by atoms with E-state index in [1.807, 2.05) is 0 Å². The van der Waals surface area contributed by atoms with Gasteiger partial charge in [0.2, 0.25) is 0 Å². The molecule has 1 atom stereocenters. The van der Waals surface area contributed by atoms with E-state index in [9.17, 15) is 22.7 Å². The second-order valence-corrected chi connectivity index (χ2v) is 8.04. The van der Waals surface area contributed by atoms with Gasteiger partial charge in [-0.15, -0.1) is 0 Å². The van der Waals surface area contributed by atoms with E-state index in [1.165, 1.54) is 16.8 Å². The maximum Gasteiger partial charge on any atom is 0.391 e. The second kappa shape index (κ2) is 9.84. The number of hydrogen-bond acceptors (Lipinski definition) is 6. The normalized spacial score (nSPS) is 16.2. The van der Waals surface area contributed by atoms with Gasteiger partial charge in [0.25, 0.3) is 0 Å². The van der Waals surface area contributed by atoms with Crippen LogP contribution < -0.4 is 4.90 Å². The van der Waals surface area contributed by atoms with E-state index in [2.05, 4.69) is 24.9 Å². The van der Waals surface area contributed by atoms with E-state index in [1.54, 1.807) is 36.9 Å². The highest BCUT2D eigenvalue weighted by Crippen LogP contribution is 2.27. The van der Waals surface area contributed by atoms with E-state index in [0.717, 1.165) is 30.0 Å². The third kappa shape index (κ3) is 6.26. The highest BCUT2D eigenvalue weighted by atomic mass is 19.4. The Kier molecular flexibility index (Phi) is 6.89. The Morgan fingerprint density at radius 3 is 2.39 bits per heavy atom. The summed E-state index contributed by atoms with van der Waals surface area (Å²) in [5.74, 6) is 0.436. The third-order valence-electron chi connectivity index (χ3n) is 5.43. The number of aliphatic hydroxyl groups excluding tert-OH is 1. The van der Waals surface area contributed by atoms with Crippen molar-refractivity contribution in [2.45, 2.75) is 31.8 Å². The van der Waals surface area contributed by atoms with Gasteiger partial charge in [-0.05, 0) is 24.3 Å². The molecule has 1 aliphatic heterocycles. The lowest BCUT2D eigenvalue weighted by atomic mass is 10.1. The maximum atomic E-state index is 13.3. The van der Waals surface area contributed by atoms with Crippen molar-refractivity contribution in [3.05, 3.63) is 60.4 Å². The minimum Gasteiger partial charge on any atom is -0.391 e. The van der Waals surface area contributed by atoms with Crippen LogP contribution in [0.2, 0.25) is 0 Å². The lowest BCUT2D eigenvalue weighted by Gasteiger charge is -2.35. The Morgan fingerprint density at radius 1 is 1.00 bits per heavy atom. The number of anilines is 1. The molecule has 0 amide bonds. The summed E-state index contributed by atoms with van der Waals surface area (Å²) in [5, 5.41) is 13.7. The number of aromatic nitrogens is 4. The zero-order chi connectivity index (χ0) is 23.4. The van der Waals surface area contributed by atoms with Gasteiger partial charge in [-0.25, -0.2) is 9.37 Å². The Labute approximate surface area is 188 Å². The van der Waals surface area contributed by atoms with Crippen LogP contribution in [0.4, 0.5) is 23.4 Å². The van der Waals surface area contributed by atoms with Gasteiger partial charge in [0.1, 0.15) is 11.5 Å². The number of nitrogens with zero attached hydrogens (tertiary/aromatic N) is 6. The van der Waals surface area contributed by atoms with Crippen LogP contribution in [0.5, 0.6) is 0 Å². The number of benzene rings is 1. The largest absolute Gasteiger partial charge is 0.391 e. The first-order valence-electron chi connectivity index (χ1n) is 10.6. The first-order valence-corrected chi connectivity index (χ1v) is 10.6. The first-order chi connectivity index (χ1) is 15.8. The fourth-order valence-corrected chi connectivity index (χ4v) is 3.89. The Morgan fingerprint density at radius 2 is 1.70 bits per heavy atom. The molecule has 7 nitrogen and oxygen atoms in total. The van der Waals surface area contributed by atoms with Crippen molar-refractivity contribution >= 4 is 5.82 Å². The average Bonchev–Trinajstić information content (AvgIpc) is 3.20. The molecule has 1 saturated heterocycles. The molecule has 1 aromatic carbocycles. The van der Waals surface area contributed by atoms with Crippen LogP contribution in [-0.2, 0) is 13.1 Å². The molecule has 0 spiro atoms. The Hall–Kier alpha value is -3.05. The fourth-order valence-electron chi connectivity index (χ4n) is 3.89. The van der Waals surface area contributed by atoms with Crippen LogP contribution in [0.25, 0.3) is 11.3 Å². The zero-order valence-corrected chi connectivity index (χ0v) is 17.8. The minimum atomic E-state index is -4.41. The summed E-state index contributed by atoms with van der Waals surface area (Å²) in [6, 6.07) is 6.16. The molecule has 1 fully saturated rings. The molecule has 11 heteroatoms. The number of hydrogen-bond donors (Lipinski definition) is 1. The molecule has 33 heavy (non-hydrogen) atoms. The summed E-state index contributed by atoms with van der Waals surface area (Å²) in [5.41, 5.74) is 2.36. The van der Waals surface area contributed by atoms with E-state index in [0.29, 0.717) is 25.3 Å². The summed E-state index contributed by atoms with van der Waals surface area (Å²) in [6.07, 6.45) is -0.661. The molecule has 1 N–H and O–H groups in total. The van der Waals surface area contributed by atoms with Crippen LogP contribution >= 0.6 is 0 Å². The lowest BCUT2D eigenvalue weighted by molar-refractivity contribution is -0.154. The Bertz CT molecular complexity index is 1050. The van der Waals surface area contributed by atoms with E-state index < -0.39 is 18.7 Å². The van der Waals surface area contributed by atoms with Gasteiger partial charge in [-0.1, -0.05) is 0 Å². The van der Waals surface area contributed by atoms with Crippen molar-refractivity contribution in [3.8, 4) is 11.3 Å². The van der Waals surface area contributed by atoms with Crippen LogP contribution in [0, 0.1) is 5.82 Å².